The third-order valence-electron chi connectivity index (χ3n) is 5.93. The number of imidazole rings is 1. The number of nitrogens with zero attached hydrogens (tertiary/aromatic N) is 4. The van der Waals surface area contributed by atoms with Gasteiger partial charge in [0.05, 0.1) is 10.5 Å². The van der Waals surface area contributed by atoms with E-state index in [1.165, 1.54) is 20.2 Å². The van der Waals surface area contributed by atoms with Crippen LogP contribution in [-0.2, 0) is 16.6 Å². The molecule has 3 aromatic rings. The molecule has 0 saturated carbocycles. The number of nitrogens with one attached hydrogen (secondary N) is 1. The van der Waals surface area contributed by atoms with Crippen molar-refractivity contribution < 1.29 is 13.2 Å². The first kappa shape index (κ1) is 23.0. The molecule has 1 amide bonds. The lowest BCUT2D eigenvalue weighted by molar-refractivity contribution is 0.102. The molecule has 1 aliphatic heterocycles. The summed E-state index contributed by atoms with van der Waals surface area (Å²) in [5, 5.41) is 2.93. The number of aromatic nitrogens is 2. The van der Waals surface area contributed by atoms with Crippen molar-refractivity contribution in [3.63, 3.8) is 0 Å². The van der Waals surface area contributed by atoms with Gasteiger partial charge in [-0.15, -0.1) is 0 Å². The first-order chi connectivity index (χ1) is 15.8. The maximum atomic E-state index is 13.3. The summed E-state index contributed by atoms with van der Waals surface area (Å²) in [7, 11) is -0.688. The molecule has 2 heterocycles. The second-order valence-corrected chi connectivity index (χ2v) is 10.6. The Morgan fingerprint density at radius 2 is 1.79 bits per heavy atom. The van der Waals surface area contributed by atoms with Gasteiger partial charge in [0.15, 0.2) is 0 Å². The average molecular weight is 468 g/mol. The average Bonchev–Trinajstić information content (AvgIpc) is 3.47. The number of aryl methyl sites for hydroxylation is 1. The van der Waals surface area contributed by atoms with Gasteiger partial charge >= 0.3 is 0 Å². The van der Waals surface area contributed by atoms with Gasteiger partial charge in [-0.25, -0.2) is 17.7 Å². The Balaban J connectivity index is 1.59. The van der Waals surface area contributed by atoms with Gasteiger partial charge in [0, 0.05) is 57.5 Å². The van der Waals surface area contributed by atoms with Crippen LogP contribution in [0.1, 0.15) is 34.6 Å². The van der Waals surface area contributed by atoms with E-state index in [0.29, 0.717) is 17.8 Å². The zero-order chi connectivity index (χ0) is 23.6. The minimum atomic E-state index is -3.65. The summed E-state index contributed by atoms with van der Waals surface area (Å²) in [4.78, 5) is 19.7. The zero-order valence-corrected chi connectivity index (χ0v) is 20.0. The maximum absolute atomic E-state index is 13.3. The Morgan fingerprint density at radius 1 is 1.09 bits per heavy atom. The summed E-state index contributed by atoms with van der Waals surface area (Å²) in [6, 6.07) is 12.4. The van der Waals surface area contributed by atoms with Crippen molar-refractivity contribution in [1.82, 2.24) is 13.9 Å². The summed E-state index contributed by atoms with van der Waals surface area (Å²) >= 11 is 0. The lowest BCUT2D eigenvalue weighted by atomic mass is 10.1. The highest BCUT2D eigenvalue weighted by Gasteiger charge is 2.24. The summed E-state index contributed by atoms with van der Waals surface area (Å²) in [6.45, 7) is 4.35. The van der Waals surface area contributed by atoms with Crippen molar-refractivity contribution in [2.45, 2.75) is 31.2 Å². The van der Waals surface area contributed by atoms with Crippen molar-refractivity contribution >= 4 is 27.3 Å². The Kier molecular flexibility index (Phi) is 6.53. The second-order valence-electron chi connectivity index (χ2n) is 8.41. The van der Waals surface area contributed by atoms with Gasteiger partial charge in [-0.1, -0.05) is 12.1 Å². The molecule has 0 radical (unpaired) electrons. The molecule has 9 heteroatoms. The lowest BCUT2D eigenvalue weighted by Gasteiger charge is -2.22. The smallest absolute Gasteiger partial charge is 0.257 e. The van der Waals surface area contributed by atoms with Gasteiger partial charge < -0.3 is 14.8 Å². The van der Waals surface area contributed by atoms with Crippen LogP contribution in [-0.4, -0.2) is 55.4 Å². The highest BCUT2D eigenvalue weighted by Crippen LogP contribution is 2.29. The molecule has 2 aromatic carbocycles. The second kappa shape index (κ2) is 9.36. The van der Waals surface area contributed by atoms with Crippen LogP contribution in [0, 0.1) is 6.92 Å². The summed E-state index contributed by atoms with van der Waals surface area (Å²) in [5.41, 5.74) is 2.86. The predicted octanol–water partition coefficient (Wildman–Crippen LogP) is 3.34. The van der Waals surface area contributed by atoms with Crippen LogP contribution in [0.15, 0.2) is 59.8 Å². The Bertz CT molecular complexity index is 1240. The molecule has 33 heavy (non-hydrogen) atoms. The SMILES string of the molecule is Cc1nccn1Cc1ccc(NC(=O)c2cc(S(=O)(=O)N(C)C)ccc2N2CCCC2)cc1. The number of anilines is 2. The third kappa shape index (κ3) is 4.94. The number of carbonyl (C=O) groups is 1. The minimum Gasteiger partial charge on any atom is -0.371 e. The number of hydrogen-bond acceptors (Lipinski definition) is 5. The molecule has 0 aliphatic carbocycles. The van der Waals surface area contributed by atoms with Gasteiger partial charge in [0.2, 0.25) is 10.0 Å². The Morgan fingerprint density at radius 3 is 2.39 bits per heavy atom. The molecule has 1 fully saturated rings. The van der Waals surface area contributed by atoms with E-state index < -0.39 is 10.0 Å². The molecule has 0 atom stereocenters. The van der Waals surface area contributed by atoms with Gasteiger partial charge in [-0.3, -0.25) is 4.79 Å². The topological polar surface area (TPSA) is 87.5 Å². The summed E-state index contributed by atoms with van der Waals surface area (Å²) in [5.74, 6) is 0.611. The van der Waals surface area contributed by atoms with E-state index in [-0.39, 0.29) is 10.8 Å². The fraction of sp³-hybridized carbons (Fsp3) is 0.333. The number of hydrogen-bond donors (Lipinski definition) is 1. The van der Waals surface area contributed by atoms with E-state index in [1.54, 1.807) is 18.3 Å². The summed E-state index contributed by atoms with van der Waals surface area (Å²) in [6.07, 6.45) is 5.81. The highest BCUT2D eigenvalue weighted by atomic mass is 32.2. The zero-order valence-electron chi connectivity index (χ0n) is 19.2. The Hall–Kier alpha value is -3.17. The molecule has 1 aromatic heterocycles. The van der Waals surface area contributed by atoms with Crippen molar-refractivity contribution in [2.75, 3.05) is 37.4 Å². The van der Waals surface area contributed by atoms with Crippen LogP contribution < -0.4 is 10.2 Å². The van der Waals surface area contributed by atoms with Crippen molar-refractivity contribution in [2.24, 2.45) is 0 Å². The van der Waals surface area contributed by atoms with E-state index >= 15 is 0 Å². The molecule has 0 spiro atoms. The quantitative estimate of drug-likeness (QED) is 0.576. The fourth-order valence-corrected chi connectivity index (χ4v) is 4.89. The standard InChI is InChI=1S/C24H29N5O3S/c1-18-25-12-15-29(18)17-19-6-8-20(9-7-19)26-24(30)22-16-21(33(31,32)27(2)3)10-11-23(22)28-13-4-5-14-28/h6-12,15-16H,4-5,13-14,17H2,1-3H3,(H,26,30). The van der Waals surface area contributed by atoms with Crippen molar-refractivity contribution in [1.29, 1.82) is 0 Å². The lowest BCUT2D eigenvalue weighted by Crippen LogP contribution is -2.25. The van der Waals surface area contributed by atoms with Gasteiger partial charge in [0.25, 0.3) is 5.91 Å². The Labute approximate surface area is 194 Å². The molecule has 1 N–H and O–H groups in total. The molecule has 0 unspecified atom stereocenters. The van der Waals surface area contributed by atoms with E-state index in [0.717, 1.165) is 47.3 Å². The molecule has 4 rings (SSSR count). The molecule has 174 valence electrons. The van der Waals surface area contributed by atoms with Crippen LogP contribution in [0.5, 0.6) is 0 Å². The van der Waals surface area contributed by atoms with Crippen LogP contribution >= 0.6 is 0 Å². The fourth-order valence-electron chi connectivity index (χ4n) is 3.96. The highest BCUT2D eigenvalue weighted by molar-refractivity contribution is 7.89. The first-order valence-electron chi connectivity index (χ1n) is 11.0. The van der Waals surface area contributed by atoms with Crippen LogP contribution in [0.3, 0.4) is 0 Å². The third-order valence-corrected chi connectivity index (χ3v) is 7.74. The molecule has 8 nitrogen and oxygen atoms in total. The maximum Gasteiger partial charge on any atom is 0.257 e. The number of benzene rings is 2. The van der Waals surface area contributed by atoms with Crippen molar-refractivity contribution in [3.8, 4) is 0 Å². The number of sulfonamides is 1. The number of amides is 1. The van der Waals surface area contributed by atoms with Crippen LogP contribution in [0.25, 0.3) is 0 Å². The van der Waals surface area contributed by atoms with Crippen LogP contribution in [0.4, 0.5) is 11.4 Å². The van der Waals surface area contributed by atoms with E-state index in [4.69, 9.17) is 0 Å². The molecule has 1 aliphatic rings. The molecule has 0 bridgehead atoms. The van der Waals surface area contributed by atoms with E-state index in [2.05, 4.69) is 15.2 Å². The molecule has 1 saturated heterocycles. The van der Waals surface area contributed by atoms with Gasteiger partial charge in [-0.2, -0.15) is 0 Å². The van der Waals surface area contributed by atoms with Crippen molar-refractivity contribution in [3.05, 3.63) is 71.8 Å². The monoisotopic (exact) mass is 467 g/mol. The number of carbonyl (C=O) groups excluding carboxylic acids is 1. The summed E-state index contributed by atoms with van der Waals surface area (Å²) < 4.78 is 28.5. The first-order valence-corrected chi connectivity index (χ1v) is 12.4. The van der Waals surface area contributed by atoms with Gasteiger partial charge in [-0.05, 0) is 55.7 Å². The normalized spacial score (nSPS) is 14.1. The minimum absolute atomic E-state index is 0.103. The predicted molar refractivity (Wildman–Crippen MR) is 129 cm³/mol. The largest absolute Gasteiger partial charge is 0.371 e. The van der Waals surface area contributed by atoms with E-state index in [1.807, 2.05) is 42.0 Å². The number of rotatable bonds is 7. The van der Waals surface area contributed by atoms with E-state index in [9.17, 15) is 13.2 Å². The molecular formula is C24H29N5O3S. The molecular weight excluding hydrogens is 438 g/mol. The van der Waals surface area contributed by atoms with Gasteiger partial charge in [0.1, 0.15) is 5.82 Å². The van der Waals surface area contributed by atoms with Crippen LogP contribution in [0.2, 0.25) is 0 Å².